The molecule has 160 valence electrons. The van der Waals surface area contributed by atoms with E-state index >= 15 is 0 Å². The summed E-state index contributed by atoms with van der Waals surface area (Å²) in [6, 6.07) is 6.20. The molecule has 30 heavy (non-hydrogen) atoms. The molecule has 0 radical (unpaired) electrons. The van der Waals surface area contributed by atoms with Gasteiger partial charge in [-0.25, -0.2) is 27.9 Å². The molecule has 3 aromatic rings. The second-order valence-corrected chi connectivity index (χ2v) is 9.00. The zero-order valence-electron chi connectivity index (χ0n) is 16.9. The maximum Gasteiger partial charge on any atom is 0.419 e. The standard InChI is InChI=1S/C19H24N6O4S/c1-13-22-17(12-18(23-13)25-9-3-4-10-25)20-7-8-21-30(27,28)14-5-6-16-15(11-14)24(2)19(26)29-16/h5-6,11-12,21H,3-4,7-10H2,1-2H3,(H,20,22,23). The minimum absolute atomic E-state index is 0.0700. The molecule has 2 N–H and O–H groups in total. The molecule has 0 aliphatic carbocycles. The fourth-order valence-corrected chi connectivity index (χ4v) is 4.54. The molecule has 11 heteroatoms. The van der Waals surface area contributed by atoms with Crippen LogP contribution in [-0.2, 0) is 17.1 Å². The molecule has 1 aliphatic rings. The van der Waals surface area contributed by atoms with Crippen molar-refractivity contribution in [3.8, 4) is 0 Å². The second-order valence-electron chi connectivity index (χ2n) is 7.23. The number of sulfonamides is 1. The van der Waals surface area contributed by atoms with E-state index in [1.54, 1.807) is 0 Å². The van der Waals surface area contributed by atoms with Gasteiger partial charge in [0.15, 0.2) is 5.58 Å². The lowest BCUT2D eigenvalue weighted by Crippen LogP contribution is -2.29. The third-order valence-electron chi connectivity index (χ3n) is 5.05. The van der Waals surface area contributed by atoms with E-state index < -0.39 is 15.8 Å². The predicted octanol–water partition coefficient (Wildman–Crippen LogP) is 1.22. The number of rotatable bonds is 7. The number of benzene rings is 1. The Kier molecular flexibility index (Phi) is 5.48. The molecule has 0 bridgehead atoms. The maximum atomic E-state index is 12.6. The van der Waals surface area contributed by atoms with E-state index in [1.807, 2.05) is 13.0 Å². The van der Waals surface area contributed by atoms with Gasteiger partial charge in [0, 0.05) is 39.3 Å². The summed E-state index contributed by atoms with van der Waals surface area (Å²) < 4.78 is 34.1. The van der Waals surface area contributed by atoms with E-state index in [2.05, 4.69) is 24.9 Å². The average molecular weight is 433 g/mol. The first-order valence-corrected chi connectivity index (χ1v) is 11.3. The van der Waals surface area contributed by atoms with Crippen LogP contribution in [0.1, 0.15) is 18.7 Å². The highest BCUT2D eigenvalue weighted by molar-refractivity contribution is 7.89. The number of nitrogens with one attached hydrogen (secondary N) is 2. The SMILES string of the molecule is Cc1nc(NCCNS(=O)(=O)c2ccc3oc(=O)n(C)c3c2)cc(N2CCCC2)n1. The number of oxazole rings is 1. The lowest BCUT2D eigenvalue weighted by molar-refractivity contribution is 0.528. The highest BCUT2D eigenvalue weighted by atomic mass is 32.2. The van der Waals surface area contributed by atoms with Crippen LogP contribution in [0, 0.1) is 6.92 Å². The van der Waals surface area contributed by atoms with Gasteiger partial charge in [0.25, 0.3) is 0 Å². The largest absolute Gasteiger partial charge is 0.419 e. The van der Waals surface area contributed by atoms with Crippen molar-refractivity contribution in [2.75, 3.05) is 36.4 Å². The quantitative estimate of drug-likeness (QED) is 0.535. The van der Waals surface area contributed by atoms with Crippen molar-refractivity contribution >= 4 is 32.8 Å². The molecule has 3 heterocycles. The Hall–Kier alpha value is -2.92. The first-order chi connectivity index (χ1) is 14.3. The summed E-state index contributed by atoms with van der Waals surface area (Å²) in [5.74, 6) is 1.69. The minimum Gasteiger partial charge on any atom is -0.408 e. The van der Waals surface area contributed by atoms with Crippen LogP contribution in [0.25, 0.3) is 11.1 Å². The molecule has 0 unspecified atom stereocenters. The van der Waals surface area contributed by atoms with Crippen molar-refractivity contribution < 1.29 is 12.8 Å². The molecular weight excluding hydrogens is 408 g/mol. The van der Waals surface area contributed by atoms with Gasteiger partial charge in [-0.05, 0) is 38.0 Å². The van der Waals surface area contributed by atoms with E-state index in [0.717, 1.165) is 31.7 Å². The van der Waals surface area contributed by atoms with Crippen molar-refractivity contribution in [2.24, 2.45) is 7.05 Å². The Morgan fingerprint density at radius 1 is 1.13 bits per heavy atom. The van der Waals surface area contributed by atoms with E-state index in [0.29, 0.717) is 29.3 Å². The predicted molar refractivity (Wildman–Crippen MR) is 113 cm³/mol. The summed E-state index contributed by atoms with van der Waals surface area (Å²) in [5, 5.41) is 3.15. The molecule has 1 saturated heterocycles. The lowest BCUT2D eigenvalue weighted by Gasteiger charge is -2.17. The van der Waals surface area contributed by atoms with Crippen LogP contribution in [0.4, 0.5) is 11.6 Å². The summed E-state index contributed by atoms with van der Waals surface area (Å²) >= 11 is 0. The number of hydrogen-bond acceptors (Lipinski definition) is 8. The van der Waals surface area contributed by atoms with Crippen LogP contribution in [0.15, 0.2) is 38.4 Å². The lowest BCUT2D eigenvalue weighted by atomic mass is 10.3. The van der Waals surface area contributed by atoms with E-state index in [9.17, 15) is 13.2 Å². The molecule has 0 spiro atoms. The van der Waals surface area contributed by atoms with Crippen molar-refractivity contribution in [2.45, 2.75) is 24.7 Å². The van der Waals surface area contributed by atoms with Gasteiger partial charge in [-0.2, -0.15) is 0 Å². The second kappa shape index (κ2) is 8.07. The Bertz CT molecular complexity index is 1230. The number of aromatic nitrogens is 3. The smallest absolute Gasteiger partial charge is 0.408 e. The van der Waals surface area contributed by atoms with Crippen molar-refractivity contribution in [1.29, 1.82) is 0 Å². The van der Waals surface area contributed by atoms with Crippen LogP contribution in [-0.4, -0.2) is 49.1 Å². The molecule has 4 rings (SSSR count). The highest BCUT2D eigenvalue weighted by Crippen LogP contribution is 2.20. The van der Waals surface area contributed by atoms with Crippen LogP contribution >= 0.6 is 0 Å². The van der Waals surface area contributed by atoms with Crippen molar-refractivity contribution in [3.05, 3.63) is 40.6 Å². The first-order valence-electron chi connectivity index (χ1n) is 9.77. The van der Waals surface area contributed by atoms with E-state index in [4.69, 9.17) is 4.42 Å². The number of anilines is 2. The van der Waals surface area contributed by atoms with Gasteiger partial charge in [0.1, 0.15) is 17.5 Å². The van der Waals surface area contributed by atoms with Crippen LogP contribution in [0.5, 0.6) is 0 Å². The van der Waals surface area contributed by atoms with E-state index in [-0.39, 0.29) is 11.4 Å². The van der Waals surface area contributed by atoms with Gasteiger partial charge in [-0.1, -0.05) is 0 Å². The topological polar surface area (TPSA) is 122 Å². The molecule has 1 fully saturated rings. The molecule has 0 amide bonds. The van der Waals surface area contributed by atoms with Gasteiger partial charge in [-0.3, -0.25) is 4.57 Å². The summed E-state index contributed by atoms with van der Waals surface area (Å²) in [6.45, 7) is 4.35. The molecule has 10 nitrogen and oxygen atoms in total. The number of aryl methyl sites for hydroxylation is 2. The highest BCUT2D eigenvalue weighted by Gasteiger charge is 2.17. The minimum atomic E-state index is -3.73. The molecule has 1 aromatic carbocycles. The van der Waals surface area contributed by atoms with Crippen LogP contribution in [0.2, 0.25) is 0 Å². The number of nitrogens with zero attached hydrogens (tertiary/aromatic N) is 4. The third-order valence-corrected chi connectivity index (χ3v) is 6.51. The molecule has 2 aromatic heterocycles. The summed E-state index contributed by atoms with van der Waals surface area (Å²) in [7, 11) is -2.20. The van der Waals surface area contributed by atoms with Gasteiger partial charge < -0.3 is 14.6 Å². The maximum absolute atomic E-state index is 12.6. The number of hydrogen-bond donors (Lipinski definition) is 2. The Balaban J connectivity index is 1.39. The molecule has 1 aliphatic heterocycles. The fraction of sp³-hybridized carbons (Fsp3) is 0.421. The zero-order valence-corrected chi connectivity index (χ0v) is 17.7. The molecule has 0 atom stereocenters. The number of fused-ring (bicyclic) bond motifs is 1. The summed E-state index contributed by atoms with van der Waals surface area (Å²) in [6.07, 6.45) is 2.32. The fourth-order valence-electron chi connectivity index (χ4n) is 3.48. The first kappa shape index (κ1) is 20.4. The van der Waals surface area contributed by atoms with Crippen LogP contribution < -0.4 is 20.7 Å². The van der Waals surface area contributed by atoms with Gasteiger partial charge in [0.2, 0.25) is 10.0 Å². The summed E-state index contributed by atoms with van der Waals surface area (Å²) in [5.41, 5.74) is 0.767. The normalized spacial score (nSPS) is 14.5. The average Bonchev–Trinajstić information content (AvgIpc) is 3.34. The molecule has 0 saturated carbocycles. The molecular formula is C19H24N6O4S. The van der Waals surface area contributed by atoms with Gasteiger partial charge in [-0.15, -0.1) is 0 Å². The van der Waals surface area contributed by atoms with Gasteiger partial charge >= 0.3 is 5.76 Å². The Morgan fingerprint density at radius 3 is 2.67 bits per heavy atom. The van der Waals surface area contributed by atoms with Crippen LogP contribution in [0.3, 0.4) is 0 Å². The zero-order chi connectivity index (χ0) is 21.3. The third kappa shape index (κ3) is 4.17. The van der Waals surface area contributed by atoms with Crippen molar-refractivity contribution in [1.82, 2.24) is 19.3 Å². The van der Waals surface area contributed by atoms with Gasteiger partial charge in [0.05, 0.1) is 10.4 Å². The van der Waals surface area contributed by atoms with Crippen molar-refractivity contribution in [3.63, 3.8) is 0 Å². The monoisotopic (exact) mass is 432 g/mol. The Labute approximate surface area is 174 Å². The summed E-state index contributed by atoms with van der Waals surface area (Å²) in [4.78, 5) is 22.7. The van der Waals surface area contributed by atoms with E-state index in [1.165, 1.54) is 29.8 Å². The Morgan fingerprint density at radius 2 is 1.90 bits per heavy atom.